The number of halogens is 3. The summed E-state index contributed by atoms with van der Waals surface area (Å²) in [5.74, 6) is -3.70. The molecule has 0 aliphatic heterocycles. The number of nitrogens with zero attached hydrogens (tertiary/aromatic N) is 1. The van der Waals surface area contributed by atoms with E-state index in [0.29, 0.717) is 17.8 Å². The van der Waals surface area contributed by atoms with Crippen LogP contribution in [0.3, 0.4) is 0 Å². The van der Waals surface area contributed by atoms with Crippen LogP contribution in [0.2, 0.25) is 0 Å². The third-order valence-electron chi connectivity index (χ3n) is 5.96. The zero-order valence-corrected chi connectivity index (χ0v) is 24.3. The molecule has 3 aromatic carbocycles. The number of hydrogen-bond acceptors (Lipinski definition) is 6. The largest absolute Gasteiger partial charge is 0.490 e. The number of thioether (sulfide) groups is 1. The molecular formula is C32H28F3N3O6S. The average molecular weight is 640 g/mol. The van der Waals surface area contributed by atoms with E-state index in [-0.39, 0.29) is 29.9 Å². The molecule has 1 aromatic heterocycles. The first-order valence-electron chi connectivity index (χ1n) is 13.3. The standard InChI is InChI=1S/C30H27N3O4S.C2HF3O2/c34-27(23-8-4-10-25(17-23)33-30(37)32-19-22-6-2-1-3-7-22)16-21-11-13-26(14-12-21)38-28(18-29(35)36)24-9-5-15-31-20-24;3-2(4,5)1(6)7/h1-15,17,20,28H,16,18-19H2,(H,35,36)(H2,32,33,37);(H,6,7). The van der Waals surface area contributed by atoms with Gasteiger partial charge in [-0.05, 0) is 47.0 Å². The Labute approximate surface area is 260 Å². The number of benzene rings is 3. The van der Waals surface area contributed by atoms with E-state index in [1.165, 1.54) is 11.8 Å². The third-order valence-corrected chi connectivity index (χ3v) is 7.23. The molecule has 4 rings (SSSR count). The van der Waals surface area contributed by atoms with Gasteiger partial charge in [-0.1, -0.05) is 60.7 Å². The Balaban J connectivity index is 0.000000707. The Morgan fingerprint density at radius 2 is 1.53 bits per heavy atom. The number of carboxylic acids is 2. The van der Waals surface area contributed by atoms with Crippen molar-refractivity contribution in [3.63, 3.8) is 0 Å². The zero-order valence-electron chi connectivity index (χ0n) is 23.5. The number of carboxylic acid groups (broad SMARTS) is 2. The highest BCUT2D eigenvalue weighted by Gasteiger charge is 2.38. The lowest BCUT2D eigenvalue weighted by Crippen LogP contribution is -2.28. The van der Waals surface area contributed by atoms with Crippen LogP contribution in [-0.2, 0) is 22.6 Å². The van der Waals surface area contributed by atoms with Crippen LogP contribution in [-0.4, -0.2) is 45.1 Å². The molecule has 0 spiro atoms. The van der Waals surface area contributed by atoms with Crippen molar-refractivity contribution in [3.05, 3.63) is 126 Å². The van der Waals surface area contributed by atoms with Crippen molar-refractivity contribution in [2.75, 3.05) is 5.32 Å². The Hall–Kier alpha value is -5.17. The minimum atomic E-state index is -5.08. The van der Waals surface area contributed by atoms with Crippen molar-refractivity contribution >= 4 is 41.2 Å². The summed E-state index contributed by atoms with van der Waals surface area (Å²) >= 11 is 1.45. The summed E-state index contributed by atoms with van der Waals surface area (Å²) in [4.78, 5) is 50.5. The number of Topliss-reactive ketones (excluding diaryl/α,β-unsaturated/α-hetero) is 1. The Kier molecular flexibility index (Phi) is 12.7. The van der Waals surface area contributed by atoms with Gasteiger partial charge in [-0.2, -0.15) is 13.2 Å². The molecule has 9 nitrogen and oxygen atoms in total. The highest BCUT2D eigenvalue weighted by Crippen LogP contribution is 2.37. The molecule has 0 saturated carbocycles. The van der Waals surface area contributed by atoms with Crippen molar-refractivity contribution in [3.8, 4) is 0 Å². The minimum absolute atomic E-state index is 0.0226. The normalized spacial score (nSPS) is 11.4. The molecule has 13 heteroatoms. The smallest absolute Gasteiger partial charge is 0.481 e. The molecule has 0 bridgehead atoms. The number of anilines is 1. The fraction of sp³-hybridized carbons (Fsp3) is 0.156. The highest BCUT2D eigenvalue weighted by atomic mass is 32.2. The van der Waals surface area contributed by atoms with Crippen LogP contribution >= 0.6 is 11.8 Å². The van der Waals surface area contributed by atoms with Crippen molar-refractivity contribution in [2.24, 2.45) is 0 Å². The van der Waals surface area contributed by atoms with Crippen LogP contribution in [0.25, 0.3) is 0 Å². The summed E-state index contributed by atoms with van der Waals surface area (Å²) in [5, 5.41) is 21.7. The summed E-state index contributed by atoms with van der Waals surface area (Å²) < 4.78 is 31.7. The summed E-state index contributed by atoms with van der Waals surface area (Å²) in [7, 11) is 0. The number of carbonyl (C=O) groups excluding carboxylic acids is 2. The molecule has 4 aromatic rings. The molecule has 1 unspecified atom stereocenters. The van der Waals surface area contributed by atoms with E-state index in [9.17, 15) is 32.7 Å². The maximum absolute atomic E-state index is 12.9. The van der Waals surface area contributed by atoms with Gasteiger partial charge in [-0.3, -0.25) is 14.6 Å². The van der Waals surface area contributed by atoms with Crippen LogP contribution < -0.4 is 10.6 Å². The van der Waals surface area contributed by atoms with E-state index >= 15 is 0 Å². The monoisotopic (exact) mass is 639 g/mol. The van der Waals surface area contributed by atoms with E-state index in [4.69, 9.17) is 9.90 Å². The first-order valence-corrected chi connectivity index (χ1v) is 14.2. The van der Waals surface area contributed by atoms with Crippen LogP contribution in [0.1, 0.15) is 38.7 Å². The SMILES string of the molecule is O=C(O)C(F)(F)F.O=C(O)CC(Sc1ccc(CC(=O)c2cccc(NC(=O)NCc3ccccc3)c2)cc1)c1cccnc1. The molecule has 1 heterocycles. The van der Waals surface area contributed by atoms with E-state index in [1.807, 2.05) is 60.7 Å². The number of ketones is 1. The number of urea groups is 1. The number of aromatic nitrogens is 1. The fourth-order valence-corrected chi connectivity index (χ4v) is 4.94. The number of rotatable bonds is 11. The van der Waals surface area contributed by atoms with E-state index in [2.05, 4.69) is 15.6 Å². The Morgan fingerprint density at radius 3 is 2.13 bits per heavy atom. The lowest BCUT2D eigenvalue weighted by molar-refractivity contribution is -0.192. The summed E-state index contributed by atoms with van der Waals surface area (Å²) in [6.45, 7) is 0.402. The average Bonchev–Trinajstić information content (AvgIpc) is 3.01. The minimum Gasteiger partial charge on any atom is -0.481 e. The number of nitrogens with one attached hydrogen (secondary N) is 2. The second kappa shape index (κ2) is 16.6. The van der Waals surface area contributed by atoms with Crippen molar-refractivity contribution in [2.45, 2.75) is 35.7 Å². The van der Waals surface area contributed by atoms with E-state index < -0.39 is 18.1 Å². The van der Waals surface area contributed by atoms with Crippen molar-refractivity contribution < 1.29 is 42.6 Å². The molecule has 0 radical (unpaired) electrons. The highest BCUT2D eigenvalue weighted by molar-refractivity contribution is 7.99. The first kappa shape index (κ1) is 34.3. The molecule has 0 fully saturated rings. The quantitative estimate of drug-likeness (QED) is 0.104. The predicted octanol–water partition coefficient (Wildman–Crippen LogP) is 6.77. The van der Waals surface area contributed by atoms with Gasteiger partial charge in [0.1, 0.15) is 0 Å². The lowest BCUT2D eigenvalue weighted by Gasteiger charge is -2.15. The molecule has 0 aliphatic rings. The fourth-order valence-electron chi connectivity index (χ4n) is 3.81. The molecule has 0 aliphatic carbocycles. The summed E-state index contributed by atoms with van der Waals surface area (Å²) in [5.41, 5.74) is 3.72. The van der Waals surface area contributed by atoms with Crippen molar-refractivity contribution in [1.29, 1.82) is 0 Å². The topological polar surface area (TPSA) is 146 Å². The zero-order chi connectivity index (χ0) is 32.8. The maximum atomic E-state index is 12.9. The number of aliphatic carboxylic acids is 2. The predicted molar refractivity (Wildman–Crippen MR) is 162 cm³/mol. The second-order valence-electron chi connectivity index (χ2n) is 9.41. The molecule has 234 valence electrons. The van der Waals surface area contributed by atoms with E-state index in [0.717, 1.165) is 21.6 Å². The molecule has 45 heavy (non-hydrogen) atoms. The molecule has 1 atom stereocenters. The molecule has 0 saturated heterocycles. The maximum Gasteiger partial charge on any atom is 0.490 e. The third kappa shape index (κ3) is 12.2. The number of pyridine rings is 1. The van der Waals surface area contributed by atoms with Gasteiger partial charge in [0.05, 0.1) is 6.42 Å². The van der Waals surface area contributed by atoms with Gasteiger partial charge in [0, 0.05) is 46.8 Å². The summed E-state index contributed by atoms with van der Waals surface area (Å²) in [6.07, 6.45) is -1.56. The van der Waals surface area contributed by atoms with Crippen LogP contribution in [0.5, 0.6) is 0 Å². The van der Waals surface area contributed by atoms with Gasteiger partial charge in [0.15, 0.2) is 5.78 Å². The lowest BCUT2D eigenvalue weighted by atomic mass is 10.0. The molecular weight excluding hydrogens is 611 g/mol. The van der Waals surface area contributed by atoms with Gasteiger partial charge < -0.3 is 20.8 Å². The van der Waals surface area contributed by atoms with Gasteiger partial charge in [0.25, 0.3) is 0 Å². The van der Waals surface area contributed by atoms with Crippen LogP contribution in [0, 0.1) is 0 Å². The first-order chi connectivity index (χ1) is 21.4. The number of hydrogen-bond donors (Lipinski definition) is 4. The van der Waals surface area contributed by atoms with Gasteiger partial charge in [-0.15, -0.1) is 11.8 Å². The number of carbonyl (C=O) groups is 4. The number of amides is 2. The van der Waals surface area contributed by atoms with Gasteiger partial charge in [-0.25, -0.2) is 9.59 Å². The second-order valence-corrected chi connectivity index (χ2v) is 10.7. The summed E-state index contributed by atoms with van der Waals surface area (Å²) in [6, 6.07) is 27.3. The Bertz CT molecular complexity index is 1590. The number of alkyl halides is 3. The molecule has 4 N–H and O–H groups in total. The Morgan fingerprint density at radius 1 is 0.844 bits per heavy atom. The van der Waals surface area contributed by atoms with Crippen LogP contribution in [0.15, 0.2) is 108 Å². The van der Waals surface area contributed by atoms with Gasteiger partial charge in [0.2, 0.25) is 0 Å². The van der Waals surface area contributed by atoms with Gasteiger partial charge >= 0.3 is 24.1 Å². The van der Waals surface area contributed by atoms with Crippen LogP contribution in [0.4, 0.5) is 23.7 Å². The van der Waals surface area contributed by atoms with Crippen molar-refractivity contribution in [1.82, 2.24) is 10.3 Å². The van der Waals surface area contributed by atoms with E-state index in [1.54, 1.807) is 42.7 Å². The molecule has 2 amide bonds.